The molecule has 6 heteroatoms. The Kier molecular flexibility index (Phi) is 3.69. The van der Waals surface area contributed by atoms with Gasteiger partial charge in [-0.15, -0.1) is 5.10 Å². The van der Waals surface area contributed by atoms with Gasteiger partial charge in [0.2, 0.25) is 0 Å². The van der Waals surface area contributed by atoms with Crippen molar-refractivity contribution in [1.29, 1.82) is 0 Å². The molecule has 18 heavy (non-hydrogen) atoms. The fraction of sp³-hybridized carbons (Fsp3) is 0.250. The van der Waals surface area contributed by atoms with Crippen molar-refractivity contribution in [3.63, 3.8) is 0 Å². The van der Waals surface area contributed by atoms with Gasteiger partial charge < -0.3 is 10.8 Å². The molecule has 0 radical (unpaired) electrons. The molecule has 0 atom stereocenters. The van der Waals surface area contributed by atoms with Gasteiger partial charge in [0.05, 0.1) is 12.2 Å². The van der Waals surface area contributed by atoms with Gasteiger partial charge in [0.1, 0.15) is 0 Å². The molecule has 3 N–H and O–H groups in total. The molecule has 0 aliphatic carbocycles. The second-order valence-corrected chi connectivity index (χ2v) is 3.87. The van der Waals surface area contributed by atoms with Crippen LogP contribution in [0.3, 0.4) is 0 Å². The molecule has 6 nitrogen and oxygen atoms in total. The van der Waals surface area contributed by atoms with Gasteiger partial charge in [-0.1, -0.05) is 35.5 Å². The maximum absolute atomic E-state index is 11.0. The summed E-state index contributed by atoms with van der Waals surface area (Å²) in [5.74, 6) is -1.07. The number of carboxylic acids is 1. The van der Waals surface area contributed by atoms with Crippen LogP contribution in [0.2, 0.25) is 0 Å². The zero-order valence-corrected chi connectivity index (χ0v) is 9.78. The summed E-state index contributed by atoms with van der Waals surface area (Å²) in [6.45, 7) is 0.860. The Hall–Kier alpha value is -2.21. The number of aromatic nitrogens is 3. The number of carbonyl (C=O) groups is 1. The van der Waals surface area contributed by atoms with Crippen LogP contribution in [-0.4, -0.2) is 32.6 Å². The van der Waals surface area contributed by atoms with Gasteiger partial charge in [-0.3, -0.25) is 0 Å². The molecule has 1 heterocycles. The standard InChI is InChI=1S/C12H14N4O2/c13-7-6-10-11(12(17)18)14-15-16(10)8-9-4-2-1-3-5-9/h1-5H,6-8,13H2,(H,17,18). The van der Waals surface area contributed by atoms with Crippen molar-refractivity contribution in [3.05, 3.63) is 47.3 Å². The first-order valence-corrected chi connectivity index (χ1v) is 5.62. The number of benzene rings is 1. The monoisotopic (exact) mass is 246 g/mol. The highest BCUT2D eigenvalue weighted by Crippen LogP contribution is 2.09. The van der Waals surface area contributed by atoms with Gasteiger partial charge in [0, 0.05) is 6.42 Å². The van der Waals surface area contributed by atoms with E-state index in [2.05, 4.69) is 10.3 Å². The maximum Gasteiger partial charge on any atom is 0.358 e. The highest BCUT2D eigenvalue weighted by molar-refractivity contribution is 5.86. The highest BCUT2D eigenvalue weighted by Gasteiger charge is 2.18. The summed E-state index contributed by atoms with van der Waals surface area (Å²) in [5.41, 5.74) is 7.08. The topological polar surface area (TPSA) is 94.0 Å². The van der Waals surface area contributed by atoms with Crippen LogP contribution in [0.5, 0.6) is 0 Å². The Bertz CT molecular complexity index is 536. The van der Waals surface area contributed by atoms with Crippen molar-refractivity contribution in [2.45, 2.75) is 13.0 Å². The maximum atomic E-state index is 11.0. The summed E-state index contributed by atoms with van der Waals surface area (Å²) in [5, 5.41) is 16.6. The molecule has 0 fully saturated rings. The zero-order chi connectivity index (χ0) is 13.0. The first-order valence-electron chi connectivity index (χ1n) is 5.62. The third-order valence-corrected chi connectivity index (χ3v) is 2.60. The summed E-state index contributed by atoms with van der Waals surface area (Å²) in [6, 6.07) is 9.68. The second kappa shape index (κ2) is 5.42. The molecule has 94 valence electrons. The summed E-state index contributed by atoms with van der Waals surface area (Å²) in [6.07, 6.45) is 0.446. The van der Waals surface area contributed by atoms with Crippen LogP contribution in [-0.2, 0) is 13.0 Å². The van der Waals surface area contributed by atoms with E-state index in [0.717, 1.165) is 5.56 Å². The van der Waals surface area contributed by atoms with Crippen LogP contribution in [0.25, 0.3) is 0 Å². The van der Waals surface area contributed by atoms with Crippen molar-refractivity contribution in [3.8, 4) is 0 Å². The van der Waals surface area contributed by atoms with E-state index >= 15 is 0 Å². The summed E-state index contributed by atoms with van der Waals surface area (Å²) in [7, 11) is 0. The number of nitrogens with zero attached hydrogens (tertiary/aromatic N) is 3. The van der Waals surface area contributed by atoms with Crippen LogP contribution in [0.4, 0.5) is 0 Å². The van der Waals surface area contributed by atoms with Crippen LogP contribution in [0, 0.1) is 0 Å². The Morgan fingerprint density at radius 2 is 2.06 bits per heavy atom. The van der Waals surface area contributed by atoms with Gasteiger partial charge in [-0.05, 0) is 12.1 Å². The van der Waals surface area contributed by atoms with Crippen LogP contribution >= 0.6 is 0 Å². The van der Waals surface area contributed by atoms with Crippen LogP contribution < -0.4 is 5.73 Å². The SMILES string of the molecule is NCCc1c(C(=O)O)nnn1Cc1ccccc1. The lowest BCUT2D eigenvalue weighted by atomic mass is 10.2. The molecule has 0 spiro atoms. The molecular weight excluding hydrogens is 232 g/mol. The number of hydrogen-bond acceptors (Lipinski definition) is 4. The second-order valence-electron chi connectivity index (χ2n) is 3.87. The van der Waals surface area contributed by atoms with E-state index in [1.807, 2.05) is 30.3 Å². The number of hydrogen-bond donors (Lipinski definition) is 2. The minimum atomic E-state index is -1.07. The number of nitrogens with two attached hydrogens (primary N) is 1. The smallest absolute Gasteiger partial charge is 0.358 e. The summed E-state index contributed by atoms with van der Waals surface area (Å²) in [4.78, 5) is 11.0. The molecule has 2 rings (SSSR count). The van der Waals surface area contributed by atoms with E-state index in [1.54, 1.807) is 4.68 Å². The fourth-order valence-corrected chi connectivity index (χ4v) is 1.77. The van der Waals surface area contributed by atoms with Crippen molar-refractivity contribution in [1.82, 2.24) is 15.0 Å². The van der Waals surface area contributed by atoms with E-state index in [0.29, 0.717) is 25.2 Å². The first-order chi connectivity index (χ1) is 8.72. The van der Waals surface area contributed by atoms with E-state index in [4.69, 9.17) is 10.8 Å². The van der Waals surface area contributed by atoms with Gasteiger partial charge in [0.25, 0.3) is 0 Å². The molecule has 0 aliphatic heterocycles. The third kappa shape index (κ3) is 2.54. The lowest BCUT2D eigenvalue weighted by Gasteiger charge is -2.06. The lowest BCUT2D eigenvalue weighted by molar-refractivity contribution is 0.0689. The van der Waals surface area contributed by atoms with Crippen LogP contribution in [0.15, 0.2) is 30.3 Å². The van der Waals surface area contributed by atoms with Crippen LogP contribution in [0.1, 0.15) is 21.7 Å². The molecule has 1 aromatic carbocycles. The molecule has 1 aromatic heterocycles. The zero-order valence-electron chi connectivity index (χ0n) is 9.78. The molecule has 0 saturated heterocycles. The average molecular weight is 246 g/mol. The Morgan fingerprint density at radius 1 is 1.33 bits per heavy atom. The molecule has 0 unspecified atom stereocenters. The Morgan fingerprint density at radius 3 is 2.67 bits per heavy atom. The predicted molar refractivity (Wildman–Crippen MR) is 65.3 cm³/mol. The first kappa shape index (κ1) is 12.3. The molecule has 0 bridgehead atoms. The Labute approximate surface area is 104 Å². The Balaban J connectivity index is 2.30. The quantitative estimate of drug-likeness (QED) is 0.802. The minimum absolute atomic E-state index is 0.0172. The molecule has 2 aromatic rings. The predicted octanol–water partition coefficient (Wildman–Crippen LogP) is 0.526. The molecule has 0 amide bonds. The lowest BCUT2D eigenvalue weighted by Crippen LogP contribution is -2.14. The van der Waals surface area contributed by atoms with E-state index in [9.17, 15) is 4.79 Å². The van der Waals surface area contributed by atoms with Crippen molar-refractivity contribution in [2.75, 3.05) is 6.54 Å². The van der Waals surface area contributed by atoms with E-state index in [1.165, 1.54) is 0 Å². The van der Waals surface area contributed by atoms with Gasteiger partial charge in [-0.25, -0.2) is 9.48 Å². The van der Waals surface area contributed by atoms with Crippen molar-refractivity contribution >= 4 is 5.97 Å². The van der Waals surface area contributed by atoms with Gasteiger partial charge >= 0.3 is 5.97 Å². The molecule has 0 aliphatic rings. The van der Waals surface area contributed by atoms with E-state index < -0.39 is 5.97 Å². The largest absolute Gasteiger partial charge is 0.476 e. The molecular formula is C12H14N4O2. The van der Waals surface area contributed by atoms with Crippen molar-refractivity contribution in [2.24, 2.45) is 5.73 Å². The van der Waals surface area contributed by atoms with Crippen molar-refractivity contribution < 1.29 is 9.90 Å². The van der Waals surface area contributed by atoms with E-state index in [-0.39, 0.29) is 5.69 Å². The fourth-order valence-electron chi connectivity index (χ4n) is 1.77. The third-order valence-electron chi connectivity index (χ3n) is 2.60. The number of carboxylic acid groups (broad SMARTS) is 1. The summed E-state index contributed by atoms with van der Waals surface area (Å²) >= 11 is 0. The highest BCUT2D eigenvalue weighted by atomic mass is 16.4. The van der Waals surface area contributed by atoms with Gasteiger partial charge in [-0.2, -0.15) is 0 Å². The minimum Gasteiger partial charge on any atom is -0.476 e. The number of rotatable bonds is 5. The summed E-state index contributed by atoms with van der Waals surface area (Å²) < 4.78 is 1.59. The average Bonchev–Trinajstić information content (AvgIpc) is 2.74. The normalized spacial score (nSPS) is 10.5. The van der Waals surface area contributed by atoms with Gasteiger partial charge in [0.15, 0.2) is 5.69 Å². The molecule has 0 saturated carbocycles. The number of aromatic carboxylic acids is 1.